The van der Waals surface area contributed by atoms with Gasteiger partial charge >= 0.3 is 0 Å². The molecule has 2 unspecified atom stereocenters. The maximum atomic E-state index is 5.77. The molecule has 0 aliphatic carbocycles. The van der Waals surface area contributed by atoms with Crippen LogP contribution in [0, 0.1) is 0 Å². The molecule has 1 aliphatic heterocycles. The normalized spacial score (nSPS) is 22.6. The molecular weight excluding hydrogens is 250 g/mol. The van der Waals surface area contributed by atoms with Gasteiger partial charge in [0.1, 0.15) is 5.75 Å². The Morgan fingerprint density at radius 3 is 2.95 bits per heavy atom. The molecule has 0 aromatic heterocycles. The van der Waals surface area contributed by atoms with E-state index in [1.165, 1.54) is 12.8 Å². The lowest BCUT2D eigenvalue weighted by atomic mass is 10.00. The summed E-state index contributed by atoms with van der Waals surface area (Å²) in [4.78, 5) is 0. The molecule has 2 rings (SSSR count). The molecule has 0 spiro atoms. The Labute approximate surface area is 122 Å². The summed E-state index contributed by atoms with van der Waals surface area (Å²) in [6.45, 7) is 4.93. The van der Waals surface area contributed by atoms with Crippen LogP contribution >= 0.6 is 0 Å². The molecule has 1 fully saturated rings. The van der Waals surface area contributed by atoms with Gasteiger partial charge in [-0.3, -0.25) is 0 Å². The van der Waals surface area contributed by atoms with Gasteiger partial charge in [0.2, 0.25) is 0 Å². The summed E-state index contributed by atoms with van der Waals surface area (Å²) in [7, 11) is 0. The zero-order valence-corrected chi connectivity index (χ0v) is 12.5. The number of para-hydroxylation sites is 1. The number of ether oxygens (including phenoxy) is 2. The fraction of sp³-hybridized carbons (Fsp3) is 0.647. The first-order chi connectivity index (χ1) is 9.88. The van der Waals surface area contributed by atoms with Gasteiger partial charge in [-0.05, 0) is 44.4 Å². The van der Waals surface area contributed by atoms with Crippen molar-refractivity contribution >= 4 is 0 Å². The maximum absolute atomic E-state index is 5.77. The minimum absolute atomic E-state index is 0.465. The molecule has 1 aromatic rings. The van der Waals surface area contributed by atoms with Crippen molar-refractivity contribution in [2.75, 3.05) is 19.8 Å². The van der Waals surface area contributed by atoms with Gasteiger partial charge in [0, 0.05) is 12.6 Å². The van der Waals surface area contributed by atoms with Crippen LogP contribution in [0.5, 0.6) is 5.75 Å². The maximum Gasteiger partial charge on any atom is 0.119 e. The van der Waals surface area contributed by atoms with Crippen molar-refractivity contribution in [3.8, 4) is 5.75 Å². The van der Waals surface area contributed by atoms with Crippen LogP contribution in [0.25, 0.3) is 0 Å². The van der Waals surface area contributed by atoms with E-state index in [4.69, 9.17) is 9.47 Å². The van der Waals surface area contributed by atoms with E-state index < -0.39 is 0 Å². The Morgan fingerprint density at radius 2 is 2.15 bits per heavy atom. The molecule has 0 saturated carbocycles. The molecule has 0 amide bonds. The fourth-order valence-electron chi connectivity index (χ4n) is 2.67. The van der Waals surface area contributed by atoms with E-state index in [0.29, 0.717) is 12.1 Å². The number of hydrogen-bond acceptors (Lipinski definition) is 3. The van der Waals surface area contributed by atoms with Gasteiger partial charge in [-0.2, -0.15) is 0 Å². The Morgan fingerprint density at radius 1 is 1.30 bits per heavy atom. The minimum atomic E-state index is 0.465. The van der Waals surface area contributed by atoms with Crippen molar-refractivity contribution in [3.63, 3.8) is 0 Å². The van der Waals surface area contributed by atoms with Crippen molar-refractivity contribution in [2.24, 2.45) is 0 Å². The molecule has 0 bridgehead atoms. The molecular formula is C17H27NO2. The molecule has 1 saturated heterocycles. The van der Waals surface area contributed by atoms with Crippen LogP contribution < -0.4 is 10.1 Å². The first-order valence-corrected chi connectivity index (χ1v) is 7.91. The van der Waals surface area contributed by atoms with Crippen LogP contribution in [0.4, 0.5) is 0 Å². The van der Waals surface area contributed by atoms with Crippen LogP contribution in [0.15, 0.2) is 30.3 Å². The molecule has 1 N–H and O–H groups in total. The molecule has 1 heterocycles. The topological polar surface area (TPSA) is 30.5 Å². The highest BCUT2D eigenvalue weighted by atomic mass is 16.5. The zero-order chi connectivity index (χ0) is 14.0. The second-order valence-electron chi connectivity index (χ2n) is 5.47. The average Bonchev–Trinajstić information content (AvgIpc) is 2.49. The van der Waals surface area contributed by atoms with Gasteiger partial charge in [-0.25, -0.2) is 0 Å². The molecule has 3 nitrogen and oxygen atoms in total. The van der Waals surface area contributed by atoms with Crippen molar-refractivity contribution in [2.45, 2.75) is 51.2 Å². The fourth-order valence-corrected chi connectivity index (χ4v) is 2.67. The molecule has 1 aromatic carbocycles. The molecule has 112 valence electrons. The third-order valence-electron chi connectivity index (χ3n) is 3.74. The van der Waals surface area contributed by atoms with E-state index in [-0.39, 0.29) is 0 Å². The quantitative estimate of drug-likeness (QED) is 0.739. The van der Waals surface area contributed by atoms with E-state index in [2.05, 4.69) is 12.2 Å². The lowest BCUT2D eigenvalue weighted by Gasteiger charge is -2.30. The molecule has 3 heteroatoms. The summed E-state index contributed by atoms with van der Waals surface area (Å²) in [5.41, 5.74) is 0. The van der Waals surface area contributed by atoms with E-state index in [0.717, 1.165) is 44.8 Å². The van der Waals surface area contributed by atoms with Crippen LogP contribution in [-0.4, -0.2) is 31.9 Å². The highest BCUT2D eigenvalue weighted by Gasteiger charge is 2.21. The van der Waals surface area contributed by atoms with Gasteiger partial charge < -0.3 is 14.8 Å². The molecule has 0 radical (unpaired) electrons. The van der Waals surface area contributed by atoms with Gasteiger partial charge in [0.05, 0.1) is 12.7 Å². The SMILES string of the molecule is CCCC1CC(NCCCOc2ccccc2)CCO1. The number of rotatable bonds is 8. The number of benzene rings is 1. The molecule has 2 atom stereocenters. The summed E-state index contributed by atoms with van der Waals surface area (Å²) in [5.74, 6) is 0.960. The predicted molar refractivity (Wildman–Crippen MR) is 82.2 cm³/mol. The molecule has 1 aliphatic rings. The lowest BCUT2D eigenvalue weighted by Crippen LogP contribution is -2.39. The van der Waals surface area contributed by atoms with Crippen molar-refractivity contribution < 1.29 is 9.47 Å². The largest absolute Gasteiger partial charge is 0.494 e. The summed E-state index contributed by atoms with van der Waals surface area (Å²) >= 11 is 0. The van der Waals surface area contributed by atoms with E-state index >= 15 is 0 Å². The first-order valence-electron chi connectivity index (χ1n) is 7.91. The van der Waals surface area contributed by atoms with Gasteiger partial charge in [0.15, 0.2) is 0 Å². The zero-order valence-electron chi connectivity index (χ0n) is 12.5. The van der Waals surface area contributed by atoms with Gasteiger partial charge in [0.25, 0.3) is 0 Å². The van der Waals surface area contributed by atoms with E-state index in [9.17, 15) is 0 Å². The molecule has 20 heavy (non-hydrogen) atoms. The van der Waals surface area contributed by atoms with E-state index in [1.807, 2.05) is 30.3 Å². The third-order valence-corrected chi connectivity index (χ3v) is 3.74. The summed E-state index contributed by atoms with van der Waals surface area (Å²) in [6.07, 6.45) is 6.21. The Bertz CT molecular complexity index is 353. The Kier molecular flexibility index (Phi) is 6.89. The van der Waals surface area contributed by atoms with E-state index in [1.54, 1.807) is 0 Å². The van der Waals surface area contributed by atoms with Crippen molar-refractivity contribution in [1.29, 1.82) is 0 Å². The standard InChI is InChI=1S/C17H27NO2/c1-2-7-17-14-15(10-13-20-17)18-11-6-12-19-16-8-4-3-5-9-16/h3-5,8-9,15,17-18H,2,6-7,10-14H2,1H3. The minimum Gasteiger partial charge on any atom is -0.494 e. The van der Waals surface area contributed by atoms with Crippen LogP contribution in [0.2, 0.25) is 0 Å². The monoisotopic (exact) mass is 277 g/mol. The number of nitrogens with one attached hydrogen (secondary N) is 1. The van der Waals surface area contributed by atoms with Crippen molar-refractivity contribution in [3.05, 3.63) is 30.3 Å². The Hall–Kier alpha value is -1.06. The second kappa shape index (κ2) is 8.98. The number of hydrogen-bond donors (Lipinski definition) is 1. The van der Waals surface area contributed by atoms with Crippen LogP contribution in [-0.2, 0) is 4.74 Å². The third kappa shape index (κ3) is 5.51. The summed E-state index contributed by atoms with van der Waals surface area (Å²) in [6, 6.07) is 10.6. The second-order valence-corrected chi connectivity index (χ2v) is 5.47. The first kappa shape index (κ1) is 15.3. The van der Waals surface area contributed by atoms with Crippen molar-refractivity contribution in [1.82, 2.24) is 5.32 Å². The predicted octanol–water partition coefficient (Wildman–Crippen LogP) is 3.39. The lowest BCUT2D eigenvalue weighted by molar-refractivity contribution is -0.00320. The smallest absolute Gasteiger partial charge is 0.119 e. The van der Waals surface area contributed by atoms with Gasteiger partial charge in [-0.1, -0.05) is 31.5 Å². The summed E-state index contributed by atoms with van der Waals surface area (Å²) < 4.78 is 11.5. The Balaban J connectivity index is 1.54. The van der Waals surface area contributed by atoms with Gasteiger partial charge in [-0.15, -0.1) is 0 Å². The average molecular weight is 277 g/mol. The van der Waals surface area contributed by atoms with Crippen LogP contribution in [0.1, 0.15) is 39.0 Å². The summed E-state index contributed by atoms with van der Waals surface area (Å²) in [5, 5.41) is 3.64. The highest BCUT2D eigenvalue weighted by molar-refractivity contribution is 5.20. The van der Waals surface area contributed by atoms with Crippen LogP contribution in [0.3, 0.4) is 0 Å². The highest BCUT2D eigenvalue weighted by Crippen LogP contribution is 2.17.